The first-order chi connectivity index (χ1) is 16.3. The minimum atomic E-state index is -0.578. The highest BCUT2D eigenvalue weighted by Gasteiger charge is 2.26. The van der Waals surface area contributed by atoms with E-state index in [-0.39, 0.29) is 18.4 Å². The van der Waals surface area contributed by atoms with E-state index in [2.05, 4.69) is 34.3 Å². The van der Waals surface area contributed by atoms with Crippen molar-refractivity contribution in [3.05, 3.63) is 65.7 Å². The number of rotatable bonds is 14. The molecular weight excluding hydrogens is 430 g/mol. The molecule has 1 atom stereocenters. The van der Waals surface area contributed by atoms with Gasteiger partial charge in [-0.15, -0.1) is 0 Å². The highest BCUT2D eigenvalue weighted by molar-refractivity contribution is 5.79. The molecule has 6 heteroatoms. The minimum absolute atomic E-state index is 0.246. The van der Waals surface area contributed by atoms with Crippen molar-refractivity contribution in [2.24, 2.45) is 0 Å². The molecule has 0 saturated heterocycles. The molecule has 0 heterocycles. The van der Waals surface area contributed by atoms with Crippen LogP contribution in [-0.4, -0.2) is 44.3 Å². The molecule has 2 aromatic carbocycles. The first-order valence-corrected chi connectivity index (χ1v) is 12.1. The Hall–Kier alpha value is -2.86. The SMILES string of the molecule is COC(=O)CCNCC(C(=O)OC(C)(C)C)c1ccc(OCCCCCc2ccccc2)cc1. The minimum Gasteiger partial charge on any atom is -0.494 e. The molecule has 0 radical (unpaired) electrons. The zero-order chi connectivity index (χ0) is 24.8. The molecule has 0 aliphatic rings. The van der Waals surface area contributed by atoms with Gasteiger partial charge >= 0.3 is 11.9 Å². The third-order valence-electron chi connectivity index (χ3n) is 5.28. The summed E-state index contributed by atoms with van der Waals surface area (Å²) in [6.07, 6.45) is 4.60. The van der Waals surface area contributed by atoms with E-state index in [1.807, 2.05) is 51.1 Å². The Kier molecular flexibility index (Phi) is 11.6. The summed E-state index contributed by atoms with van der Waals surface area (Å²) in [7, 11) is 1.36. The van der Waals surface area contributed by atoms with Gasteiger partial charge in [-0.05, 0) is 69.7 Å². The monoisotopic (exact) mass is 469 g/mol. The average molecular weight is 470 g/mol. The molecule has 0 spiro atoms. The summed E-state index contributed by atoms with van der Waals surface area (Å²) in [5.41, 5.74) is 1.64. The van der Waals surface area contributed by atoms with Crippen molar-refractivity contribution in [1.29, 1.82) is 0 Å². The Balaban J connectivity index is 1.83. The molecule has 0 aromatic heterocycles. The number of carbonyl (C=O) groups is 2. The maximum Gasteiger partial charge on any atom is 0.315 e. The number of esters is 2. The topological polar surface area (TPSA) is 73.9 Å². The molecule has 1 N–H and O–H groups in total. The number of hydrogen-bond donors (Lipinski definition) is 1. The summed E-state index contributed by atoms with van der Waals surface area (Å²) >= 11 is 0. The predicted molar refractivity (Wildman–Crippen MR) is 134 cm³/mol. The number of ether oxygens (including phenoxy) is 3. The Morgan fingerprint density at radius 1 is 0.941 bits per heavy atom. The molecule has 0 fully saturated rings. The highest BCUT2D eigenvalue weighted by Crippen LogP contribution is 2.23. The molecule has 2 aromatic rings. The molecule has 34 heavy (non-hydrogen) atoms. The number of unbranched alkanes of at least 4 members (excludes halogenated alkanes) is 2. The van der Waals surface area contributed by atoms with Crippen LogP contribution in [0, 0.1) is 0 Å². The fourth-order valence-electron chi connectivity index (χ4n) is 3.49. The van der Waals surface area contributed by atoms with Gasteiger partial charge in [0, 0.05) is 13.1 Å². The van der Waals surface area contributed by atoms with Gasteiger partial charge in [-0.3, -0.25) is 9.59 Å². The maximum atomic E-state index is 12.8. The smallest absolute Gasteiger partial charge is 0.315 e. The van der Waals surface area contributed by atoms with Crippen LogP contribution in [-0.2, 0) is 25.5 Å². The lowest BCUT2D eigenvalue weighted by Gasteiger charge is -2.24. The van der Waals surface area contributed by atoms with E-state index in [0.29, 0.717) is 19.7 Å². The van der Waals surface area contributed by atoms with Gasteiger partial charge in [0.05, 0.1) is 26.1 Å². The molecule has 186 valence electrons. The third-order valence-corrected chi connectivity index (χ3v) is 5.28. The van der Waals surface area contributed by atoms with E-state index in [1.54, 1.807) is 0 Å². The van der Waals surface area contributed by atoms with Gasteiger partial charge in [-0.1, -0.05) is 42.5 Å². The van der Waals surface area contributed by atoms with E-state index in [9.17, 15) is 9.59 Å². The van der Waals surface area contributed by atoms with Crippen LogP contribution in [0.5, 0.6) is 5.75 Å². The Morgan fingerprint density at radius 2 is 1.65 bits per heavy atom. The van der Waals surface area contributed by atoms with Crippen molar-refractivity contribution in [1.82, 2.24) is 5.32 Å². The first kappa shape index (κ1) is 27.4. The molecule has 6 nitrogen and oxygen atoms in total. The molecule has 2 rings (SSSR count). The van der Waals surface area contributed by atoms with E-state index < -0.39 is 11.5 Å². The van der Waals surface area contributed by atoms with Crippen molar-refractivity contribution in [2.75, 3.05) is 26.8 Å². The van der Waals surface area contributed by atoms with E-state index in [4.69, 9.17) is 9.47 Å². The van der Waals surface area contributed by atoms with Crippen LogP contribution in [0.3, 0.4) is 0 Å². The Labute approximate surface area is 204 Å². The standard InChI is InChI=1S/C28H39NO5/c1-28(2,3)34-27(31)25(21-29-19-18-26(30)32-4)23-14-16-24(17-15-23)33-20-10-6-9-13-22-11-7-5-8-12-22/h5,7-8,11-12,14-17,25,29H,6,9-10,13,18-21H2,1-4H3. The summed E-state index contributed by atoms with van der Waals surface area (Å²) in [6, 6.07) is 18.1. The Bertz CT molecular complexity index is 859. The van der Waals surface area contributed by atoms with Crippen molar-refractivity contribution in [3.63, 3.8) is 0 Å². The molecule has 1 unspecified atom stereocenters. The predicted octanol–water partition coefficient (Wildman–Crippen LogP) is 5.06. The van der Waals surface area contributed by atoms with Gasteiger partial charge in [0.15, 0.2) is 0 Å². The number of carbonyl (C=O) groups excluding carboxylic acids is 2. The fraction of sp³-hybridized carbons (Fsp3) is 0.500. The van der Waals surface area contributed by atoms with Crippen LogP contribution in [0.1, 0.15) is 63.5 Å². The molecular formula is C28H39NO5. The van der Waals surface area contributed by atoms with Crippen LogP contribution in [0.2, 0.25) is 0 Å². The lowest BCUT2D eigenvalue weighted by atomic mass is 9.98. The quantitative estimate of drug-likeness (QED) is 0.308. The lowest BCUT2D eigenvalue weighted by Crippen LogP contribution is -2.34. The summed E-state index contributed by atoms with van der Waals surface area (Å²) in [5, 5.41) is 3.16. The summed E-state index contributed by atoms with van der Waals surface area (Å²) in [5.74, 6) is -0.287. The highest BCUT2D eigenvalue weighted by atomic mass is 16.6. The summed E-state index contributed by atoms with van der Waals surface area (Å²) < 4.78 is 16.2. The van der Waals surface area contributed by atoms with Crippen LogP contribution in [0.4, 0.5) is 0 Å². The average Bonchev–Trinajstić information content (AvgIpc) is 2.81. The van der Waals surface area contributed by atoms with Gasteiger partial charge in [0.25, 0.3) is 0 Å². The maximum absolute atomic E-state index is 12.8. The van der Waals surface area contributed by atoms with Crippen molar-refractivity contribution in [2.45, 2.75) is 64.4 Å². The molecule has 0 aliphatic heterocycles. The van der Waals surface area contributed by atoms with Gasteiger partial charge in [-0.2, -0.15) is 0 Å². The lowest BCUT2D eigenvalue weighted by molar-refractivity contribution is -0.156. The largest absolute Gasteiger partial charge is 0.494 e. The molecule has 0 aliphatic carbocycles. The van der Waals surface area contributed by atoms with Gasteiger partial charge < -0.3 is 19.5 Å². The summed E-state index contributed by atoms with van der Waals surface area (Å²) in [4.78, 5) is 24.1. The van der Waals surface area contributed by atoms with Gasteiger partial charge in [0.2, 0.25) is 0 Å². The van der Waals surface area contributed by atoms with Crippen molar-refractivity contribution < 1.29 is 23.8 Å². The molecule has 0 saturated carbocycles. The van der Waals surface area contributed by atoms with Crippen molar-refractivity contribution >= 4 is 11.9 Å². The molecule has 0 amide bonds. The van der Waals surface area contributed by atoms with Gasteiger partial charge in [-0.25, -0.2) is 0 Å². The number of hydrogen-bond acceptors (Lipinski definition) is 6. The van der Waals surface area contributed by atoms with Crippen LogP contribution < -0.4 is 10.1 Å². The van der Waals surface area contributed by atoms with Gasteiger partial charge in [0.1, 0.15) is 11.4 Å². The second-order valence-electron chi connectivity index (χ2n) is 9.33. The van der Waals surface area contributed by atoms with Crippen LogP contribution in [0.25, 0.3) is 0 Å². The van der Waals surface area contributed by atoms with E-state index in [0.717, 1.165) is 37.0 Å². The van der Waals surface area contributed by atoms with Crippen molar-refractivity contribution in [3.8, 4) is 5.75 Å². The zero-order valence-electron chi connectivity index (χ0n) is 21.0. The van der Waals surface area contributed by atoms with Crippen LogP contribution >= 0.6 is 0 Å². The fourth-order valence-corrected chi connectivity index (χ4v) is 3.49. The molecule has 0 bridgehead atoms. The summed E-state index contributed by atoms with van der Waals surface area (Å²) in [6.45, 7) is 7.01. The number of methoxy groups -OCH3 is 1. The number of nitrogens with one attached hydrogen (secondary N) is 1. The van der Waals surface area contributed by atoms with E-state index >= 15 is 0 Å². The second kappa shape index (κ2) is 14.4. The van der Waals surface area contributed by atoms with E-state index in [1.165, 1.54) is 12.7 Å². The number of aryl methyl sites for hydroxylation is 1. The second-order valence-corrected chi connectivity index (χ2v) is 9.33. The van der Waals surface area contributed by atoms with Crippen LogP contribution in [0.15, 0.2) is 54.6 Å². The number of benzene rings is 2. The normalized spacial score (nSPS) is 12.1. The third kappa shape index (κ3) is 10.8. The zero-order valence-corrected chi connectivity index (χ0v) is 21.0. The Morgan fingerprint density at radius 3 is 2.29 bits per heavy atom. The first-order valence-electron chi connectivity index (χ1n) is 12.1.